The number of hydrogen-bond donors (Lipinski definition) is 0. The largest absolute Gasteiger partial charge is 0.235 e. The molecule has 0 fully saturated rings. The van der Waals surface area contributed by atoms with Crippen LogP contribution in [0, 0.1) is 0 Å². The van der Waals surface area contributed by atoms with Gasteiger partial charge in [-0.3, -0.25) is 0 Å². The second-order valence-electron chi connectivity index (χ2n) is 13.7. The summed E-state index contributed by atoms with van der Waals surface area (Å²) in [4.78, 5) is 0. The maximum Gasteiger partial charge on any atom is 0.235 e. The number of benzene rings is 1. The van der Waals surface area contributed by atoms with Crippen LogP contribution in [0.15, 0.2) is 54.7 Å². The Morgan fingerprint density at radius 2 is 0.800 bits per heavy atom. The van der Waals surface area contributed by atoms with E-state index in [9.17, 15) is 0 Å². The van der Waals surface area contributed by atoms with Crippen molar-refractivity contribution in [1.29, 1.82) is 0 Å². The molecule has 0 aliphatic heterocycles. The van der Waals surface area contributed by atoms with Gasteiger partial charge in [0.1, 0.15) is 0 Å². The third kappa shape index (κ3) is 21.4. The van der Waals surface area contributed by atoms with E-state index in [-0.39, 0.29) is 0 Å². The summed E-state index contributed by atoms with van der Waals surface area (Å²) in [5, 5.41) is 2.63. The molecule has 45 heavy (non-hydrogen) atoms. The zero-order valence-corrected chi connectivity index (χ0v) is 30.0. The van der Waals surface area contributed by atoms with Gasteiger partial charge in [-0.15, -0.1) is 0 Å². The minimum atomic E-state index is 1.15. The van der Waals surface area contributed by atoms with Crippen LogP contribution in [0.3, 0.4) is 0 Å². The van der Waals surface area contributed by atoms with E-state index in [0.717, 1.165) is 13.1 Å². The Kier molecular flexibility index (Phi) is 25.5. The van der Waals surface area contributed by atoms with Crippen molar-refractivity contribution in [1.82, 2.24) is 0 Å². The predicted octanol–water partition coefficient (Wildman–Crippen LogP) is 13.3. The molecule has 2 nitrogen and oxygen atoms in total. The second-order valence-corrected chi connectivity index (χ2v) is 13.7. The molecule has 1 aromatic heterocycles. The first-order chi connectivity index (χ1) is 22.3. The molecule has 1 heterocycles. The van der Waals surface area contributed by atoms with E-state index in [1.165, 1.54) is 178 Å². The summed E-state index contributed by atoms with van der Waals surface area (Å²) < 4.78 is 2.43. The highest BCUT2D eigenvalue weighted by Gasteiger charge is 2.16. The fraction of sp³-hybridized carbons (Fsp3) is 0.698. The van der Waals surface area contributed by atoms with Crippen molar-refractivity contribution in [2.45, 2.75) is 181 Å². The van der Waals surface area contributed by atoms with Crippen LogP contribution in [0.1, 0.15) is 192 Å². The summed E-state index contributed by atoms with van der Waals surface area (Å²) in [7, 11) is 0. The van der Waals surface area contributed by atoms with Crippen LogP contribution in [0.25, 0.3) is 12.2 Å². The zero-order chi connectivity index (χ0) is 31.9. The SMILES string of the molecule is CCCCCCCCCCCCCCCN(CCCCCCCCCCCCCCC)[n+]1ccccc1/C=C/c1ccccc1. The van der Waals surface area contributed by atoms with E-state index >= 15 is 0 Å². The maximum absolute atomic E-state index is 2.63. The van der Waals surface area contributed by atoms with Crippen LogP contribution in [-0.4, -0.2) is 13.1 Å². The van der Waals surface area contributed by atoms with E-state index in [1.807, 2.05) is 0 Å². The molecule has 0 aliphatic carbocycles. The van der Waals surface area contributed by atoms with E-state index in [0.29, 0.717) is 0 Å². The third-order valence-corrected chi connectivity index (χ3v) is 9.46. The number of pyridine rings is 1. The molecule has 0 N–H and O–H groups in total. The smallest absolute Gasteiger partial charge is 0.180 e. The molecule has 2 aromatic rings. The predicted molar refractivity (Wildman–Crippen MR) is 201 cm³/mol. The molecule has 0 atom stereocenters. The van der Waals surface area contributed by atoms with Crippen molar-refractivity contribution in [2.75, 3.05) is 18.1 Å². The summed E-state index contributed by atoms with van der Waals surface area (Å²) in [6.07, 6.45) is 43.5. The first-order valence-electron chi connectivity index (χ1n) is 19.8. The number of unbranched alkanes of at least 4 members (excludes halogenated alkanes) is 24. The van der Waals surface area contributed by atoms with Gasteiger partial charge in [0.2, 0.25) is 5.69 Å². The van der Waals surface area contributed by atoms with Gasteiger partial charge in [0.15, 0.2) is 6.20 Å². The lowest BCUT2D eigenvalue weighted by Crippen LogP contribution is -2.60. The van der Waals surface area contributed by atoms with Gasteiger partial charge in [-0.1, -0.05) is 203 Å². The molecular formula is C43H73N2+. The highest BCUT2D eigenvalue weighted by molar-refractivity contribution is 5.66. The monoisotopic (exact) mass is 618 g/mol. The van der Waals surface area contributed by atoms with Gasteiger partial charge < -0.3 is 0 Å². The van der Waals surface area contributed by atoms with Gasteiger partial charge in [0.25, 0.3) is 0 Å². The first-order valence-corrected chi connectivity index (χ1v) is 19.8. The fourth-order valence-corrected chi connectivity index (χ4v) is 6.53. The lowest BCUT2D eigenvalue weighted by Gasteiger charge is -2.19. The Hall–Kier alpha value is -2.09. The Labute approximate surface area is 281 Å². The summed E-state index contributed by atoms with van der Waals surface area (Å²) in [6, 6.07) is 17.3. The number of rotatable bonds is 31. The van der Waals surface area contributed by atoms with Gasteiger partial charge >= 0.3 is 0 Å². The molecule has 2 rings (SSSR count). The number of aromatic nitrogens is 1. The molecule has 0 saturated carbocycles. The molecule has 0 saturated heterocycles. The topological polar surface area (TPSA) is 7.12 Å². The quantitative estimate of drug-likeness (QED) is 0.0603. The van der Waals surface area contributed by atoms with Gasteiger partial charge in [-0.2, -0.15) is 5.01 Å². The molecule has 0 unspecified atom stereocenters. The van der Waals surface area contributed by atoms with Crippen LogP contribution in [-0.2, 0) is 0 Å². The summed E-state index contributed by atoms with van der Waals surface area (Å²) in [5.41, 5.74) is 2.53. The van der Waals surface area contributed by atoms with Gasteiger partial charge in [0, 0.05) is 18.2 Å². The molecule has 0 bridgehead atoms. The molecule has 1 aromatic carbocycles. The van der Waals surface area contributed by atoms with E-state index in [4.69, 9.17) is 0 Å². The average molecular weight is 618 g/mol. The molecule has 2 heteroatoms. The van der Waals surface area contributed by atoms with Gasteiger partial charge in [-0.25, -0.2) is 0 Å². The average Bonchev–Trinajstić information content (AvgIpc) is 3.07. The van der Waals surface area contributed by atoms with Crippen molar-refractivity contribution in [3.05, 3.63) is 66.0 Å². The lowest BCUT2D eigenvalue weighted by molar-refractivity contribution is -0.695. The van der Waals surface area contributed by atoms with Crippen molar-refractivity contribution in [3.63, 3.8) is 0 Å². The van der Waals surface area contributed by atoms with E-state index in [1.54, 1.807) is 0 Å². The van der Waals surface area contributed by atoms with Crippen LogP contribution in [0.2, 0.25) is 0 Å². The lowest BCUT2D eigenvalue weighted by atomic mass is 10.0. The van der Waals surface area contributed by atoms with Crippen LogP contribution in [0.4, 0.5) is 0 Å². The van der Waals surface area contributed by atoms with Gasteiger partial charge in [-0.05, 0) is 30.5 Å². The minimum absolute atomic E-state index is 1.15. The Bertz CT molecular complexity index is 890. The van der Waals surface area contributed by atoms with Crippen LogP contribution in [0.5, 0.6) is 0 Å². The van der Waals surface area contributed by atoms with Gasteiger partial charge in [0.05, 0.1) is 13.1 Å². The first kappa shape index (κ1) is 39.1. The molecule has 0 spiro atoms. The normalized spacial score (nSPS) is 11.5. The van der Waals surface area contributed by atoms with E-state index < -0.39 is 0 Å². The Morgan fingerprint density at radius 3 is 1.22 bits per heavy atom. The number of hydrogen-bond acceptors (Lipinski definition) is 1. The Balaban J connectivity index is 1.72. The standard InChI is InChI=1S/C43H73N2/c1-3-5-7-9-11-13-15-17-19-21-23-25-31-39-44(40-32-26-24-22-20-18-16-14-12-10-8-6-4-2)45-41-33-30-36-43(45)38-37-42-34-28-27-29-35-42/h27-30,33-38,41H,3-26,31-32,39-40H2,1-2H3/q+1/b38-37+. The van der Waals surface area contributed by atoms with Crippen molar-refractivity contribution in [2.24, 2.45) is 0 Å². The molecule has 254 valence electrons. The maximum atomic E-state index is 2.63. The van der Waals surface area contributed by atoms with Crippen molar-refractivity contribution >= 4 is 12.2 Å². The molecule has 0 radical (unpaired) electrons. The second kappa shape index (κ2) is 29.3. The van der Waals surface area contributed by atoms with Crippen LogP contribution < -0.4 is 9.69 Å². The summed E-state index contributed by atoms with van der Waals surface area (Å²) in [5.74, 6) is 0. The highest BCUT2D eigenvalue weighted by atomic mass is 15.5. The van der Waals surface area contributed by atoms with E-state index in [2.05, 4.69) is 90.4 Å². The van der Waals surface area contributed by atoms with Crippen molar-refractivity contribution < 1.29 is 4.68 Å². The van der Waals surface area contributed by atoms with Crippen LogP contribution >= 0.6 is 0 Å². The third-order valence-electron chi connectivity index (χ3n) is 9.46. The molecule has 0 aliphatic rings. The summed E-state index contributed by atoms with van der Waals surface area (Å²) >= 11 is 0. The minimum Gasteiger partial charge on any atom is -0.180 e. The Morgan fingerprint density at radius 1 is 0.422 bits per heavy atom. The zero-order valence-electron chi connectivity index (χ0n) is 30.0. The molecular weight excluding hydrogens is 544 g/mol. The van der Waals surface area contributed by atoms with Crippen molar-refractivity contribution in [3.8, 4) is 0 Å². The summed E-state index contributed by atoms with van der Waals surface area (Å²) in [6.45, 7) is 6.91. The number of nitrogens with zero attached hydrogens (tertiary/aromatic N) is 2. The molecule has 0 amide bonds. The highest BCUT2D eigenvalue weighted by Crippen LogP contribution is 2.15. The fourth-order valence-electron chi connectivity index (χ4n) is 6.53.